The average molecular weight is 668 g/mol. The number of hydrogen-bond donors (Lipinski definition) is 7. The summed E-state index contributed by atoms with van der Waals surface area (Å²) in [6.45, 7) is 2.43. The molecule has 2 rings (SSSR count). The number of carboxylic acids is 1. The molecule has 0 radical (unpaired) electrons. The van der Waals surface area contributed by atoms with Gasteiger partial charge in [-0.3, -0.25) is 38.8 Å². The summed E-state index contributed by atoms with van der Waals surface area (Å²) < 4.78 is 0. The SMILES string of the molecule is CCCCCC(=O)NCCCCC(NC(=O)[C@H](Cc1ccc(C(=O)c2ccccc2)cc1)NC(=O)[C@@H](CC(=O)O)CC(=O)NO)C(N)=O. The Morgan fingerprint density at radius 1 is 0.750 bits per heavy atom. The molecule has 0 aliphatic rings. The van der Waals surface area contributed by atoms with E-state index in [1.807, 2.05) is 6.92 Å². The molecule has 2 aromatic rings. The minimum atomic E-state index is -1.43. The number of ketones is 1. The van der Waals surface area contributed by atoms with Crippen LogP contribution in [0.4, 0.5) is 0 Å². The highest BCUT2D eigenvalue weighted by Crippen LogP contribution is 2.15. The van der Waals surface area contributed by atoms with Gasteiger partial charge in [-0.1, -0.05) is 74.4 Å². The zero-order valence-electron chi connectivity index (χ0n) is 27.0. The summed E-state index contributed by atoms with van der Waals surface area (Å²) in [6.07, 6.45) is 2.77. The van der Waals surface area contributed by atoms with Crippen LogP contribution in [0.1, 0.15) is 86.2 Å². The van der Waals surface area contributed by atoms with Crippen LogP contribution in [0.3, 0.4) is 0 Å². The first-order valence-corrected chi connectivity index (χ1v) is 15.9. The molecule has 14 nitrogen and oxygen atoms in total. The summed E-state index contributed by atoms with van der Waals surface area (Å²) in [5.41, 5.74) is 8.31. The lowest BCUT2D eigenvalue weighted by Gasteiger charge is -2.24. The van der Waals surface area contributed by atoms with Crippen molar-refractivity contribution < 1.29 is 43.9 Å². The normalized spacial score (nSPS) is 12.5. The molecule has 0 spiro atoms. The molecule has 8 N–H and O–H groups in total. The highest BCUT2D eigenvalue weighted by molar-refractivity contribution is 6.09. The standard InChI is InChI=1S/C34H45N5O9/c1-2-3-5-13-28(40)36-18-9-8-12-26(32(35)45)37-34(47)27(38-33(46)25(21-30(42)43)20-29(41)39-48)19-22-14-16-24(17-15-22)31(44)23-10-6-4-7-11-23/h4,6-7,10-11,14-17,25-27,48H,2-3,5,8-9,12-13,18-21H2,1H3,(H2,35,45)(H,36,40)(H,37,47)(H,38,46)(H,39,41)(H,42,43)/t25-,26?,27+/m1/s1. The fraction of sp³-hybridized carbons (Fsp3) is 0.441. The first-order chi connectivity index (χ1) is 22.9. The largest absolute Gasteiger partial charge is 0.481 e. The maximum atomic E-state index is 13.5. The third-order valence-corrected chi connectivity index (χ3v) is 7.58. The van der Waals surface area contributed by atoms with Crippen LogP contribution in [0.15, 0.2) is 54.6 Å². The lowest BCUT2D eigenvalue weighted by Crippen LogP contribution is -2.54. The molecule has 48 heavy (non-hydrogen) atoms. The molecule has 0 aliphatic carbocycles. The average Bonchev–Trinajstić information content (AvgIpc) is 3.07. The van der Waals surface area contributed by atoms with Gasteiger partial charge in [0.05, 0.1) is 12.3 Å². The van der Waals surface area contributed by atoms with Crippen molar-refractivity contribution in [3.63, 3.8) is 0 Å². The molecule has 5 amide bonds. The van der Waals surface area contributed by atoms with Crippen LogP contribution >= 0.6 is 0 Å². The summed E-state index contributed by atoms with van der Waals surface area (Å²) in [5, 5.41) is 26.0. The van der Waals surface area contributed by atoms with Gasteiger partial charge in [0.1, 0.15) is 12.1 Å². The molecule has 3 atom stereocenters. The predicted molar refractivity (Wildman–Crippen MR) is 174 cm³/mol. The van der Waals surface area contributed by atoms with Crippen molar-refractivity contribution in [3.8, 4) is 0 Å². The first-order valence-electron chi connectivity index (χ1n) is 15.9. The number of carboxylic acid groups (broad SMARTS) is 1. The van der Waals surface area contributed by atoms with Gasteiger partial charge in [-0.05, 0) is 31.2 Å². The van der Waals surface area contributed by atoms with Crippen LogP contribution in [0.5, 0.6) is 0 Å². The monoisotopic (exact) mass is 667 g/mol. The molecule has 0 bridgehead atoms. The van der Waals surface area contributed by atoms with Crippen molar-refractivity contribution in [2.75, 3.05) is 6.54 Å². The number of carbonyl (C=O) groups excluding carboxylic acids is 6. The second kappa shape index (κ2) is 20.9. The van der Waals surface area contributed by atoms with Gasteiger partial charge >= 0.3 is 5.97 Å². The number of benzene rings is 2. The fourth-order valence-electron chi connectivity index (χ4n) is 4.90. The number of hydroxylamine groups is 1. The maximum Gasteiger partial charge on any atom is 0.304 e. The molecule has 0 saturated heterocycles. The third-order valence-electron chi connectivity index (χ3n) is 7.58. The first kappa shape index (κ1) is 39.1. The number of rotatable bonds is 22. The number of aliphatic carboxylic acids is 1. The second-order valence-corrected chi connectivity index (χ2v) is 11.5. The lowest BCUT2D eigenvalue weighted by atomic mass is 9.97. The van der Waals surface area contributed by atoms with Gasteiger partial charge in [0.2, 0.25) is 29.5 Å². The van der Waals surface area contributed by atoms with E-state index in [4.69, 9.17) is 10.9 Å². The third kappa shape index (κ3) is 14.1. The Hall–Kier alpha value is -5.11. The number of amides is 5. The topological polar surface area (TPSA) is 234 Å². The van der Waals surface area contributed by atoms with Crippen molar-refractivity contribution in [1.29, 1.82) is 0 Å². The lowest BCUT2D eigenvalue weighted by molar-refractivity contribution is -0.143. The summed E-state index contributed by atoms with van der Waals surface area (Å²) >= 11 is 0. The highest BCUT2D eigenvalue weighted by atomic mass is 16.5. The number of carbonyl (C=O) groups is 7. The van der Waals surface area contributed by atoms with E-state index >= 15 is 0 Å². The van der Waals surface area contributed by atoms with Gasteiger partial charge in [-0.15, -0.1) is 0 Å². The molecule has 0 aliphatic heterocycles. The smallest absolute Gasteiger partial charge is 0.304 e. The summed E-state index contributed by atoms with van der Waals surface area (Å²) in [5.74, 6) is -6.64. The van der Waals surface area contributed by atoms with E-state index in [9.17, 15) is 38.7 Å². The Kier molecular flexibility index (Phi) is 17.0. The molecule has 260 valence electrons. The zero-order chi connectivity index (χ0) is 35.5. The number of unbranched alkanes of at least 4 members (excludes halogenated alkanes) is 3. The summed E-state index contributed by atoms with van der Waals surface area (Å²) in [7, 11) is 0. The van der Waals surface area contributed by atoms with Gasteiger partial charge < -0.3 is 26.8 Å². The predicted octanol–water partition coefficient (Wildman–Crippen LogP) is 1.77. The molecule has 2 aromatic carbocycles. The van der Waals surface area contributed by atoms with Crippen LogP contribution < -0.4 is 27.2 Å². The Bertz CT molecular complexity index is 1400. The Labute approximate surface area is 279 Å². The molecule has 0 fully saturated rings. The minimum Gasteiger partial charge on any atom is -0.481 e. The fourth-order valence-corrected chi connectivity index (χ4v) is 4.90. The van der Waals surface area contributed by atoms with E-state index in [1.165, 1.54) is 5.48 Å². The molecular weight excluding hydrogens is 622 g/mol. The molecule has 1 unspecified atom stereocenters. The molecule has 0 saturated carbocycles. The van der Waals surface area contributed by atoms with E-state index in [0.717, 1.165) is 19.3 Å². The molecule has 0 aromatic heterocycles. The van der Waals surface area contributed by atoms with Crippen molar-refractivity contribution in [2.24, 2.45) is 11.7 Å². The van der Waals surface area contributed by atoms with Gasteiger partial charge in [0.15, 0.2) is 5.78 Å². The van der Waals surface area contributed by atoms with Crippen LogP contribution in [0.25, 0.3) is 0 Å². The molecule has 14 heteroatoms. The van der Waals surface area contributed by atoms with E-state index < -0.39 is 60.4 Å². The van der Waals surface area contributed by atoms with Crippen LogP contribution in [-0.4, -0.2) is 70.2 Å². The van der Waals surface area contributed by atoms with Crippen molar-refractivity contribution in [2.45, 2.75) is 83.2 Å². The Balaban J connectivity index is 2.17. The van der Waals surface area contributed by atoms with Crippen LogP contribution in [0, 0.1) is 5.92 Å². The Morgan fingerprint density at radius 2 is 1.40 bits per heavy atom. The van der Waals surface area contributed by atoms with Gasteiger partial charge in [-0.25, -0.2) is 5.48 Å². The summed E-state index contributed by atoms with van der Waals surface area (Å²) in [4.78, 5) is 86.8. The second-order valence-electron chi connectivity index (χ2n) is 11.5. The molecular formula is C34H45N5O9. The summed E-state index contributed by atoms with van der Waals surface area (Å²) in [6, 6.07) is 12.5. The van der Waals surface area contributed by atoms with E-state index in [0.29, 0.717) is 42.5 Å². The maximum absolute atomic E-state index is 13.5. The highest BCUT2D eigenvalue weighted by Gasteiger charge is 2.31. The van der Waals surface area contributed by atoms with Crippen molar-refractivity contribution in [1.82, 2.24) is 21.4 Å². The van der Waals surface area contributed by atoms with Crippen LogP contribution in [-0.2, 0) is 35.2 Å². The van der Waals surface area contributed by atoms with Gasteiger partial charge in [0.25, 0.3) is 0 Å². The van der Waals surface area contributed by atoms with Crippen molar-refractivity contribution in [3.05, 3.63) is 71.3 Å². The number of nitrogens with one attached hydrogen (secondary N) is 4. The van der Waals surface area contributed by atoms with E-state index in [-0.39, 0.29) is 24.5 Å². The van der Waals surface area contributed by atoms with E-state index in [2.05, 4.69) is 16.0 Å². The van der Waals surface area contributed by atoms with E-state index in [1.54, 1.807) is 54.6 Å². The number of primary amides is 1. The van der Waals surface area contributed by atoms with Crippen molar-refractivity contribution >= 4 is 41.3 Å². The van der Waals surface area contributed by atoms with Crippen LogP contribution in [0.2, 0.25) is 0 Å². The minimum absolute atomic E-state index is 0.0584. The number of nitrogens with two attached hydrogens (primary N) is 1. The van der Waals surface area contributed by atoms with Gasteiger partial charge in [0, 0.05) is 36.9 Å². The van der Waals surface area contributed by atoms with Gasteiger partial charge in [-0.2, -0.15) is 0 Å². The quantitative estimate of drug-likeness (QED) is 0.0419. The Morgan fingerprint density at radius 3 is 2.00 bits per heavy atom. The molecule has 0 heterocycles. The zero-order valence-corrected chi connectivity index (χ0v) is 27.0. The number of hydrogen-bond acceptors (Lipinski definition) is 8.